The maximum atomic E-state index is 12.5. The highest BCUT2D eigenvalue weighted by molar-refractivity contribution is 5.80. The van der Waals surface area contributed by atoms with E-state index in [0.29, 0.717) is 19.3 Å². The predicted molar refractivity (Wildman–Crippen MR) is 78.6 cm³/mol. The molecule has 5 nitrogen and oxygen atoms in total. The number of aliphatic carboxylic acids is 1. The van der Waals surface area contributed by atoms with Crippen LogP contribution in [-0.4, -0.2) is 32.4 Å². The Morgan fingerprint density at radius 2 is 2.14 bits per heavy atom. The molecule has 1 N–H and O–H groups in total. The van der Waals surface area contributed by atoms with E-state index >= 15 is 0 Å². The van der Waals surface area contributed by atoms with Gasteiger partial charge in [0, 0.05) is 24.4 Å². The molecule has 2 unspecified atom stereocenters. The quantitative estimate of drug-likeness (QED) is 0.909. The molecule has 5 heteroatoms. The van der Waals surface area contributed by atoms with Crippen molar-refractivity contribution < 1.29 is 14.7 Å². The zero-order chi connectivity index (χ0) is 15.6. The molecule has 1 aromatic heterocycles. The Labute approximate surface area is 125 Å². The van der Waals surface area contributed by atoms with E-state index in [1.807, 2.05) is 26.8 Å². The lowest BCUT2D eigenvalue weighted by molar-refractivity contribution is -0.149. The molecular weight excluding hydrogens is 268 g/mol. The fraction of sp³-hybridized carbons (Fsp3) is 0.562. The molecule has 1 amide bonds. The van der Waals surface area contributed by atoms with Gasteiger partial charge in [-0.15, -0.1) is 0 Å². The summed E-state index contributed by atoms with van der Waals surface area (Å²) in [5.74, 6) is -1.44. The largest absolute Gasteiger partial charge is 0.481 e. The van der Waals surface area contributed by atoms with Crippen LogP contribution in [0.1, 0.15) is 51.6 Å². The molecule has 0 bridgehead atoms. The fourth-order valence-corrected chi connectivity index (χ4v) is 3.07. The molecule has 0 spiro atoms. The number of hydrogen-bond acceptors (Lipinski definition) is 3. The highest BCUT2D eigenvalue weighted by Gasteiger charge is 2.43. The van der Waals surface area contributed by atoms with E-state index in [9.17, 15) is 14.7 Å². The van der Waals surface area contributed by atoms with Crippen LogP contribution in [-0.2, 0) is 9.59 Å². The first-order valence-electron chi connectivity index (χ1n) is 7.27. The van der Waals surface area contributed by atoms with Gasteiger partial charge in [-0.2, -0.15) is 0 Å². The highest BCUT2D eigenvalue weighted by atomic mass is 16.4. The van der Waals surface area contributed by atoms with Crippen LogP contribution in [0.15, 0.2) is 24.5 Å². The van der Waals surface area contributed by atoms with Crippen LogP contribution in [0.5, 0.6) is 0 Å². The first-order chi connectivity index (χ1) is 9.82. The smallest absolute Gasteiger partial charge is 0.308 e. The number of carbonyl (C=O) groups is 2. The fourth-order valence-electron chi connectivity index (χ4n) is 3.07. The normalized spacial score (nSPS) is 23.8. The third kappa shape index (κ3) is 3.23. The molecule has 0 aromatic carbocycles. The summed E-state index contributed by atoms with van der Waals surface area (Å²) in [6.45, 7) is 5.83. The number of pyridine rings is 1. The average Bonchev–Trinajstić information content (AvgIpc) is 2.58. The number of amides is 1. The molecule has 0 radical (unpaired) electrons. The van der Waals surface area contributed by atoms with Crippen molar-refractivity contribution in [2.45, 2.75) is 51.6 Å². The maximum absolute atomic E-state index is 12.5. The highest BCUT2D eigenvalue weighted by Crippen LogP contribution is 2.39. The number of likely N-dealkylation sites (tertiary alicyclic amines) is 1. The molecule has 0 saturated carbocycles. The third-order valence-corrected chi connectivity index (χ3v) is 3.90. The lowest BCUT2D eigenvalue weighted by Crippen LogP contribution is -2.49. The minimum atomic E-state index is -0.854. The second kappa shape index (κ2) is 5.84. The number of carbonyl (C=O) groups excluding carboxylic acids is 1. The summed E-state index contributed by atoms with van der Waals surface area (Å²) in [5, 5.41) is 9.61. The van der Waals surface area contributed by atoms with Gasteiger partial charge in [0.2, 0.25) is 5.91 Å². The molecule has 1 fully saturated rings. The molecule has 1 aliphatic rings. The van der Waals surface area contributed by atoms with Crippen LogP contribution >= 0.6 is 0 Å². The molecule has 2 rings (SSSR count). The van der Waals surface area contributed by atoms with Crippen LogP contribution in [0.4, 0.5) is 0 Å². The van der Waals surface area contributed by atoms with Crippen molar-refractivity contribution in [3.63, 3.8) is 0 Å². The second-order valence-corrected chi connectivity index (χ2v) is 6.50. The molecule has 114 valence electrons. The Bertz CT molecular complexity index is 522. The van der Waals surface area contributed by atoms with Crippen molar-refractivity contribution in [2.24, 2.45) is 5.92 Å². The summed E-state index contributed by atoms with van der Waals surface area (Å²) < 4.78 is 0. The van der Waals surface area contributed by atoms with Gasteiger partial charge in [-0.3, -0.25) is 14.6 Å². The van der Waals surface area contributed by atoms with E-state index in [1.165, 1.54) is 0 Å². The third-order valence-electron chi connectivity index (χ3n) is 3.90. The van der Waals surface area contributed by atoms with Crippen LogP contribution in [0.2, 0.25) is 0 Å². The summed E-state index contributed by atoms with van der Waals surface area (Å²) in [6, 6.07) is 3.17. The van der Waals surface area contributed by atoms with Gasteiger partial charge < -0.3 is 10.0 Å². The summed E-state index contributed by atoms with van der Waals surface area (Å²) in [5.41, 5.74) is 0.352. The SMILES string of the molecule is CC(C)(C)N1C(=O)CCCC(C(=O)O)C1c1cccnc1. The molecule has 2 atom stereocenters. The van der Waals surface area contributed by atoms with E-state index < -0.39 is 23.5 Å². The van der Waals surface area contributed by atoms with Crippen molar-refractivity contribution in [2.75, 3.05) is 0 Å². The van der Waals surface area contributed by atoms with Gasteiger partial charge in [0.1, 0.15) is 0 Å². The number of carboxylic acids is 1. The zero-order valence-electron chi connectivity index (χ0n) is 12.7. The predicted octanol–water partition coefficient (Wildman–Crippen LogP) is 2.63. The summed E-state index contributed by atoms with van der Waals surface area (Å²) in [4.78, 5) is 30.1. The first kappa shape index (κ1) is 15.5. The summed E-state index contributed by atoms with van der Waals surface area (Å²) >= 11 is 0. The van der Waals surface area contributed by atoms with Crippen molar-refractivity contribution >= 4 is 11.9 Å². The van der Waals surface area contributed by atoms with Crippen molar-refractivity contribution in [1.82, 2.24) is 9.88 Å². The Morgan fingerprint density at radius 3 is 2.67 bits per heavy atom. The monoisotopic (exact) mass is 290 g/mol. The first-order valence-corrected chi connectivity index (χ1v) is 7.27. The van der Waals surface area contributed by atoms with Gasteiger partial charge in [0.15, 0.2) is 0 Å². The Hall–Kier alpha value is -1.91. The Morgan fingerprint density at radius 1 is 1.43 bits per heavy atom. The van der Waals surface area contributed by atoms with Crippen molar-refractivity contribution in [3.8, 4) is 0 Å². The van der Waals surface area contributed by atoms with Crippen LogP contribution in [0, 0.1) is 5.92 Å². The lowest BCUT2D eigenvalue weighted by atomic mass is 9.87. The van der Waals surface area contributed by atoms with Crippen molar-refractivity contribution in [3.05, 3.63) is 30.1 Å². The molecule has 0 aliphatic carbocycles. The van der Waals surface area contributed by atoms with E-state index in [2.05, 4.69) is 4.98 Å². The van der Waals surface area contributed by atoms with Gasteiger partial charge in [0.05, 0.1) is 12.0 Å². The van der Waals surface area contributed by atoms with Gasteiger partial charge in [-0.25, -0.2) is 0 Å². The van der Waals surface area contributed by atoms with E-state index in [0.717, 1.165) is 5.56 Å². The molecule has 1 saturated heterocycles. The molecule has 1 aromatic rings. The average molecular weight is 290 g/mol. The molecular formula is C16H22N2O3. The van der Waals surface area contributed by atoms with Gasteiger partial charge in [0.25, 0.3) is 0 Å². The van der Waals surface area contributed by atoms with E-state index in [-0.39, 0.29) is 5.91 Å². The number of hydrogen-bond donors (Lipinski definition) is 1. The van der Waals surface area contributed by atoms with Gasteiger partial charge >= 0.3 is 5.97 Å². The minimum absolute atomic E-state index is 0.0140. The molecule has 21 heavy (non-hydrogen) atoms. The van der Waals surface area contributed by atoms with Crippen LogP contribution in [0.3, 0.4) is 0 Å². The van der Waals surface area contributed by atoms with Crippen LogP contribution in [0.25, 0.3) is 0 Å². The van der Waals surface area contributed by atoms with Gasteiger partial charge in [-0.05, 0) is 45.2 Å². The topological polar surface area (TPSA) is 70.5 Å². The number of rotatable bonds is 2. The standard InChI is InChI=1S/C16H22N2O3/c1-16(2,3)18-13(19)8-4-7-12(15(20)21)14(18)11-6-5-9-17-10-11/h5-6,9-10,12,14H,4,7-8H2,1-3H3,(H,20,21). The summed E-state index contributed by atoms with van der Waals surface area (Å²) in [7, 11) is 0. The molecule has 2 heterocycles. The Balaban J connectivity index is 2.55. The Kier molecular flexibility index (Phi) is 4.30. The van der Waals surface area contributed by atoms with Crippen molar-refractivity contribution in [1.29, 1.82) is 0 Å². The number of carboxylic acid groups (broad SMARTS) is 1. The van der Waals surface area contributed by atoms with Crippen LogP contribution < -0.4 is 0 Å². The second-order valence-electron chi connectivity index (χ2n) is 6.50. The zero-order valence-corrected chi connectivity index (χ0v) is 12.7. The number of nitrogens with zero attached hydrogens (tertiary/aromatic N) is 2. The summed E-state index contributed by atoms with van der Waals surface area (Å²) in [6.07, 6.45) is 4.83. The van der Waals surface area contributed by atoms with E-state index in [4.69, 9.17) is 0 Å². The van der Waals surface area contributed by atoms with E-state index in [1.54, 1.807) is 23.4 Å². The van der Waals surface area contributed by atoms with Gasteiger partial charge in [-0.1, -0.05) is 6.07 Å². The maximum Gasteiger partial charge on any atom is 0.308 e. The number of aromatic nitrogens is 1. The molecule has 1 aliphatic heterocycles. The lowest BCUT2D eigenvalue weighted by Gasteiger charge is -2.43. The minimum Gasteiger partial charge on any atom is -0.481 e.